The molecular weight excluding hydrogens is 240 g/mol. The molecule has 0 aliphatic heterocycles. The fraction of sp³-hybridized carbons (Fsp3) is 0.800. The summed E-state index contributed by atoms with van der Waals surface area (Å²) in [6.07, 6.45) is 9.41. The summed E-state index contributed by atoms with van der Waals surface area (Å²) in [5.41, 5.74) is -0.459. The molecule has 0 saturated heterocycles. The number of nitrogens with zero attached hydrogens (tertiary/aromatic N) is 1. The number of alkyl carbamates (subject to hydrolysis) is 1. The molecule has 19 heavy (non-hydrogen) atoms. The van der Waals surface area contributed by atoms with Crippen molar-refractivity contribution in [1.29, 1.82) is 0 Å². The lowest BCUT2D eigenvalue weighted by atomic mass is 9.89. The Balaban J connectivity index is 2.58. The molecule has 4 nitrogen and oxygen atoms in total. The monoisotopic (exact) mass is 266 g/mol. The summed E-state index contributed by atoms with van der Waals surface area (Å²) in [5.74, 6) is 2.66. The molecule has 4 heteroatoms. The molecule has 0 radical (unpaired) electrons. The minimum atomic E-state index is -0.459. The minimum Gasteiger partial charge on any atom is -0.444 e. The maximum absolute atomic E-state index is 11.9. The number of carbonyl (C=O) groups is 1. The van der Waals surface area contributed by atoms with E-state index in [0.717, 1.165) is 19.3 Å². The number of amides is 1. The van der Waals surface area contributed by atoms with Crippen molar-refractivity contribution < 1.29 is 9.53 Å². The molecule has 0 aromatic heterocycles. The molecule has 0 bridgehead atoms. The van der Waals surface area contributed by atoms with Crippen molar-refractivity contribution in [3.8, 4) is 12.3 Å². The zero-order chi connectivity index (χ0) is 14.5. The molecule has 0 heterocycles. The predicted molar refractivity (Wildman–Crippen MR) is 76.9 cm³/mol. The summed E-state index contributed by atoms with van der Waals surface area (Å²) in [6, 6.07) is 0.430. The normalized spacial score (nSPS) is 23.8. The average Bonchev–Trinajstić information content (AvgIpc) is 2.27. The van der Waals surface area contributed by atoms with Crippen molar-refractivity contribution in [3.05, 3.63) is 0 Å². The van der Waals surface area contributed by atoms with Crippen molar-refractivity contribution in [1.82, 2.24) is 10.2 Å². The number of carbonyl (C=O) groups excluding carboxylic acids is 1. The van der Waals surface area contributed by atoms with E-state index in [-0.39, 0.29) is 12.1 Å². The fourth-order valence-electron chi connectivity index (χ4n) is 2.53. The number of hydrogen-bond acceptors (Lipinski definition) is 3. The van der Waals surface area contributed by atoms with E-state index in [0.29, 0.717) is 12.6 Å². The van der Waals surface area contributed by atoms with Gasteiger partial charge < -0.3 is 10.1 Å². The predicted octanol–water partition coefficient (Wildman–Crippen LogP) is 2.39. The molecule has 0 aromatic carbocycles. The van der Waals surface area contributed by atoms with Gasteiger partial charge in [0.1, 0.15) is 5.60 Å². The van der Waals surface area contributed by atoms with E-state index in [1.54, 1.807) is 0 Å². The van der Waals surface area contributed by atoms with Gasteiger partial charge in [-0.25, -0.2) is 4.79 Å². The molecule has 0 aromatic rings. The Morgan fingerprint density at radius 2 is 2.05 bits per heavy atom. The van der Waals surface area contributed by atoms with Gasteiger partial charge in [0.2, 0.25) is 0 Å². The summed E-state index contributed by atoms with van der Waals surface area (Å²) in [4.78, 5) is 14.0. The van der Waals surface area contributed by atoms with E-state index in [1.807, 2.05) is 27.8 Å². The molecule has 1 amide bonds. The Hall–Kier alpha value is -1.21. The van der Waals surface area contributed by atoms with Gasteiger partial charge >= 0.3 is 6.09 Å². The molecule has 2 atom stereocenters. The average molecular weight is 266 g/mol. The second kappa shape index (κ2) is 6.81. The summed E-state index contributed by atoms with van der Waals surface area (Å²) in [7, 11) is 2.01. The molecule has 1 fully saturated rings. The van der Waals surface area contributed by atoms with Crippen LogP contribution in [0.3, 0.4) is 0 Å². The first kappa shape index (κ1) is 15.8. The number of terminal acetylenes is 1. The summed E-state index contributed by atoms with van der Waals surface area (Å²) < 4.78 is 5.32. The van der Waals surface area contributed by atoms with Gasteiger partial charge in [-0.3, -0.25) is 4.90 Å². The zero-order valence-corrected chi connectivity index (χ0v) is 12.5. The number of nitrogens with one attached hydrogen (secondary N) is 1. The highest BCUT2D eigenvalue weighted by Gasteiger charge is 2.30. The van der Waals surface area contributed by atoms with Crippen LogP contribution in [0.5, 0.6) is 0 Å². The van der Waals surface area contributed by atoms with Crippen molar-refractivity contribution in [3.63, 3.8) is 0 Å². The van der Waals surface area contributed by atoms with Crippen molar-refractivity contribution in [2.24, 2.45) is 0 Å². The second-order valence-corrected chi connectivity index (χ2v) is 6.22. The van der Waals surface area contributed by atoms with Crippen LogP contribution >= 0.6 is 0 Å². The molecule has 1 aliphatic carbocycles. The SMILES string of the molecule is C#CCN(C)[C@@H]1CCCC[C@H]1NC(=O)OC(C)(C)C. The van der Waals surface area contributed by atoms with E-state index in [2.05, 4.69) is 16.1 Å². The molecule has 1 saturated carbocycles. The minimum absolute atomic E-state index is 0.127. The van der Waals surface area contributed by atoms with E-state index < -0.39 is 5.60 Å². The quantitative estimate of drug-likeness (QED) is 0.797. The Labute approximate surface area is 116 Å². The highest BCUT2D eigenvalue weighted by Crippen LogP contribution is 2.22. The van der Waals surface area contributed by atoms with Crippen LogP contribution in [0.1, 0.15) is 46.5 Å². The molecule has 1 N–H and O–H groups in total. The number of rotatable bonds is 3. The largest absolute Gasteiger partial charge is 0.444 e. The zero-order valence-electron chi connectivity index (χ0n) is 12.5. The first-order valence-corrected chi connectivity index (χ1v) is 6.96. The topological polar surface area (TPSA) is 41.6 Å². The van der Waals surface area contributed by atoms with Crippen molar-refractivity contribution >= 4 is 6.09 Å². The standard InChI is InChI=1S/C15H26N2O2/c1-6-11-17(5)13-10-8-7-9-12(13)16-14(18)19-15(2,3)4/h1,12-13H,7-11H2,2-5H3,(H,16,18)/t12-,13-/m1/s1. The maximum atomic E-state index is 11.9. The highest BCUT2D eigenvalue weighted by atomic mass is 16.6. The van der Waals surface area contributed by atoms with Gasteiger partial charge in [0, 0.05) is 12.1 Å². The van der Waals surface area contributed by atoms with E-state index in [1.165, 1.54) is 6.42 Å². The summed E-state index contributed by atoms with van der Waals surface area (Å²) in [6.45, 7) is 6.22. The Morgan fingerprint density at radius 3 is 2.63 bits per heavy atom. The number of hydrogen-bond donors (Lipinski definition) is 1. The van der Waals surface area contributed by atoms with Crippen LogP contribution in [0.15, 0.2) is 0 Å². The highest BCUT2D eigenvalue weighted by molar-refractivity contribution is 5.68. The van der Waals surface area contributed by atoms with Gasteiger partial charge in [0.05, 0.1) is 6.54 Å². The van der Waals surface area contributed by atoms with Crippen molar-refractivity contribution in [2.75, 3.05) is 13.6 Å². The van der Waals surface area contributed by atoms with Crippen LogP contribution in [0.4, 0.5) is 4.79 Å². The fourth-order valence-corrected chi connectivity index (χ4v) is 2.53. The van der Waals surface area contributed by atoms with Crippen LogP contribution in [0.2, 0.25) is 0 Å². The van der Waals surface area contributed by atoms with Gasteiger partial charge in [-0.1, -0.05) is 18.8 Å². The van der Waals surface area contributed by atoms with Gasteiger partial charge in [-0.2, -0.15) is 0 Å². The smallest absolute Gasteiger partial charge is 0.407 e. The molecule has 1 aliphatic rings. The Morgan fingerprint density at radius 1 is 1.42 bits per heavy atom. The molecule has 0 unspecified atom stereocenters. The lowest BCUT2D eigenvalue weighted by Gasteiger charge is -2.37. The molecule has 0 spiro atoms. The lowest BCUT2D eigenvalue weighted by Crippen LogP contribution is -2.53. The first-order valence-electron chi connectivity index (χ1n) is 6.96. The third-order valence-electron chi connectivity index (χ3n) is 3.34. The maximum Gasteiger partial charge on any atom is 0.407 e. The van der Waals surface area contributed by atoms with E-state index in [9.17, 15) is 4.79 Å². The first-order chi connectivity index (χ1) is 8.83. The van der Waals surface area contributed by atoms with Gasteiger partial charge in [-0.15, -0.1) is 6.42 Å². The Kier molecular flexibility index (Phi) is 5.68. The molecule has 108 valence electrons. The van der Waals surface area contributed by atoms with Crippen molar-refractivity contribution in [2.45, 2.75) is 64.1 Å². The molecule has 1 rings (SSSR count). The van der Waals surface area contributed by atoms with Crippen LogP contribution in [-0.4, -0.2) is 42.3 Å². The van der Waals surface area contributed by atoms with E-state index in [4.69, 9.17) is 11.2 Å². The summed E-state index contributed by atoms with van der Waals surface area (Å²) >= 11 is 0. The number of ether oxygens (including phenoxy) is 1. The number of likely N-dealkylation sites (N-methyl/N-ethyl adjacent to an activating group) is 1. The third kappa shape index (κ3) is 5.52. The lowest BCUT2D eigenvalue weighted by molar-refractivity contribution is 0.0447. The van der Waals surface area contributed by atoms with Gasteiger partial charge in [0.25, 0.3) is 0 Å². The summed E-state index contributed by atoms with van der Waals surface area (Å²) in [5, 5.41) is 2.99. The third-order valence-corrected chi connectivity index (χ3v) is 3.34. The van der Waals surface area contributed by atoms with E-state index >= 15 is 0 Å². The Bertz CT molecular complexity index is 341. The van der Waals surface area contributed by atoms with Crippen LogP contribution in [0.25, 0.3) is 0 Å². The van der Waals surface area contributed by atoms with Crippen LogP contribution < -0.4 is 5.32 Å². The van der Waals surface area contributed by atoms with Gasteiger partial charge in [-0.05, 0) is 40.7 Å². The van der Waals surface area contributed by atoms with Gasteiger partial charge in [0.15, 0.2) is 0 Å². The van der Waals surface area contributed by atoms with Crippen LogP contribution in [-0.2, 0) is 4.74 Å². The van der Waals surface area contributed by atoms with Crippen LogP contribution in [0, 0.1) is 12.3 Å². The molecular formula is C15H26N2O2. The second-order valence-electron chi connectivity index (χ2n) is 6.22.